The van der Waals surface area contributed by atoms with Gasteiger partial charge in [-0.1, -0.05) is 51.8 Å². The number of methoxy groups -OCH3 is 1. The van der Waals surface area contributed by atoms with Crippen LogP contribution in [-0.4, -0.2) is 51.8 Å². The number of unbranched alkanes of at least 4 members (excludes halogenated alkanes) is 2. The molecule has 0 saturated carbocycles. The molecule has 9 nitrogen and oxygen atoms in total. The Morgan fingerprint density at radius 2 is 1.68 bits per heavy atom. The fourth-order valence-corrected chi connectivity index (χ4v) is 8.67. The number of nitrogens with one attached hydrogen (secondary N) is 4. The van der Waals surface area contributed by atoms with E-state index in [1.54, 1.807) is 0 Å². The number of carbonyl (C=O) groups is 2. The number of esters is 2. The number of hydrogen-bond donors (Lipinski definition) is 5. The molecule has 3 aromatic heterocycles. The van der Waals surface area contributed by atoms with Gasteiger partial charge in [0.15, 0.2) is 0 Å². The first kappa shape index (κ1) is 37.8. The van der Waals surface area contributed by atoms with Gasteiger partial charge in [0, 0.05) is 56.6 Å². The summed E-state index contributed by atoms with van der Waals surface area (Å²) < 4.78 is 11.0. The number of aliphatic hydroxyl groups excluding tert-OH is 1. The molecule has 0 spiro atoms. The van der Waals surface area contributed by atoms with Crippen molar-refractivity contribution in [2.45, 2.75) is 99.5 Å². The van der Waals surface area contributed by atoms with Crippen LogP contribution in [0.15, 0.2) is 23.9 Å². The Morgan fingerprint density at radius 1 is 0.943 bits per heavy atom. The molecule has 2 aliphatic heterocycles. The number of allylic oxidation sites excluding steroid dienone is 2. The second kappa shape index (κ2) is 15.6. The van der Waals surface area contributed by atoms with Gasteiger partial charge in [0.25, 0.3) is 0 Å². The maximum absolute atomic E-state index is 13.5. The number of rotatable bonds is 12. The summed E-state index contributed by atoms with van der Waals surface area (Å²) in [6.45, 7) is 19.2. The minimum absolute atomic E-state index is 0.0182. The Labute approximate surface area is 312 Å². The molecule has 1 unspecified atom stereocenters. The van der Waals surface area contributed by atoms with Crippen molar-refractivity contribution in [1.29, 1.82) is 0 Å². The number of H-pyrrole nitrogens is 3. The molecule has 5 heterocycles. The van der Waals surface area contributed by atoms with Crippen molar-refractivity contribution < 1.29 is 24.2 Å². The molecule has 4 atom stereocenters. The van der Waals surface area contributed by atoms with Crippen LogP contribution < -0.4 is 26.6 Å². The molecule has 0 radical (unpaired) electrons. The Kier molecular flexibility index (Phi) is 11.1. The quantitative estimate of drug-likeness (QED) is 0.0954. The maximum atomic E-state index is 13.5. The number of hydrogen-bond acceptors (Lipinski definition) is 6. The van der Waals surface area contributed by atoms with Gasteiger partial charge in [0.1, 0.15) is 18.3 Å². The number of aromatic amines is 3. The topological polar surface area (TPSA) is 132 Å². The summed E-state index contributed by atoms with van der Waals surface area (Å²) in [5.41, 5.74) is 11.0. The molecule has 0 aromatic carbocycles. The van der Waals surface area contributed by atoms with E-state index in [2.05, 4.69) is 86.6 Å². The van der Waals surface area contributed by atoms with Crippen molar-refractivity contribution in [1.82, 2.24) is 20.3 Å². The molecule has 9 heteroatoms. The van der Waals surface area contributed by atoms with Gasteiger partial charge in [-0.3, -0.25) is 9.59 Å². The van der Waals surface area contributed by atoms with E-state index in [1.165, 1.54) is 36.7 Å². The van der Waals surface area contributed by atoms with Gasteiger partial charge < -0.3 is 34.8 Å². The van der Waals surface area contributed by atoms with Gasteiger partial charge in [0.2, 0.25) is 0 Å². The van der Waals surface area contributed by atoms with Crippen molar-refractivity contribution >= 4 is 47.6 Å². The van der Waals surface area contributed by atoms with E-state index in [4.69, 9.17) is 9.47 Å². The highest BCUT2D eigenvalue weighted by molar-refractivity contribution is 5.95. The largest absolute Gasteiger partial charge is 0.510 e. The molecule has 5 N–H and O–H groups in total. The number of fused-ring (bicyclic) bond motifs is 8. The average Bonchev–Trinajstić information content (AvgIpc) is 3.87. The van der Waals surface area contributed by atoms with Gasteiger partial charge in [-0.2, -0.15) is 0 Å². The number of aromatic nitrogens is 3. The van der Waals surface area contributed by atoms with Crippen molar-refractivity contribution in [3.63, 3.8) is 0 Å². The summed E-state index contributed by atoms with van der Waals surface area (Å²) in [5.74, 6) is -1.91. The molecule has 282 valence electrons. The lowest BCUT2D eigenvalue weighted by molar-refractivity contribution is -0.143. The molecule has 1 aliphatic carbocycles. The van der Waals surface area contributed by atoms with Gasteiger partial charge in [-0.05, 0) is 111 Å². The zero-order chi connectivity index (χ0) is 38.1. The molecule has 1 fully saturated rings. The second-order valence-corrected chi connectivity index (χ2v) is 15.0. The van der Waals surface area contributed by atoms with Crippen molar-refractivity contribution in [3.05, 3.63) is 90.1 Å². The van der Waals surface area contributed by atoms with Crippen molar-refractivity contribution in [2.24, 2.45) is 17.8 Å². The minimum Gasteiger partial charge on any atom is -0.510 e. The van der Waals surface area contributed by atoms with Gasteiger partial charge >= 0.3 is 11.9 Å². The van der Waals surface area contributed by atoms with E-state index >= 15 is 0 Å². The van der Waals surface area contributed by atoms with E-state index in [1.807, 2.05) is 19.1 Å². The summed E-state index contributed by atoms with van der Waals surface area (Å²) in [5, 5.41) is 19.0. The summed E-state index contributed by atoms with van der Waals surface area (Å²) in [6, 6.07) is -0.387. The fraction of sp³-hybridized carbons (Fsp3) is 0.455. The zero-order valence-electron chi connectivity index (χ0n) is 32.6. The van der Waals surface area contributed by atoms with Gasteiger partial charge in [-0.15, -0.1) is 0 Å². The summed E-state index contributed by atoms with van der Waals surface area (Å²) in [4.78, 5) is 37.7. The van der Waals surface area contributed by atoms with Crippen LogP contribution in [0.4, 0.5) is 0 Å². The smallest absolute Gasteiger partial charge is 0.320 e. The van der Waals surface area contributed by atoms with Crippen molar-refractivity contribution in [3.8, 4) is 0 Å². The first-order chi connectivity index (χ1) is 25.4. The molecular formula is C44H56N4O5. The zero-order valence-corrected chi connectivity index (χ0v) is 32.6. The lowest BCUT2D eigenvalue weighted by Gasteiger charge is -2.26. The average molecular weight is 721 g/mol. The van der Waals surface area contributed by atoms with Crippen LogP contribution in [0.25, 0.3) is 35.6 Å². The number of ether oxygens (including phenoxy) is 2. The normalized spacial score (nSPS) is 22.7. The van der Waals surface area contributed by atoms with Crippen LogP contribution in [0.2, 0.25) is 0 Å². The Bertz CT molecular complexity index is 2260. The molecule has 8 bridgehead atoms. The third-order valence-corrected chi connectivity index (χ3v) is 11.9. The second-order valence-electron chi connectivity index (χ2n) is 15.0. The molecule has 53 heavy (non-hydrogen) atoms. The van der Waals surface area contributed by atoms with E-state index in [-0.39, 0.29) is 42.6 Å². The maximum Gasteiger partial charge on any atom is 0.320 e. The first-order valence-corrected chi connectivity index (χ1v) is 19.2. The lowest BCUT2D eigenvalue weighted by Crippen LogP contribution is -2.38. The molecule has 3 aromatic rings. The van der Waals surface area contributed by atoms with Crippen LogP contribution in [0.1, 0.15) is 111 Å². The van der Waals surface area contributed by atoms with Crippen LogP contribution in [0, 0.1) is 38.5 Å². The SMILES string of the molecule is C=Cc1c2[nH]c(c1C)/C=C1\NC(C3=c4[nH]c(c(C)c4=C(O)[C@@H]3C(=O)OC)/C=c3\[nH]/c(c(C)c3CC)=C\2)[C@@H](CCC(=O)OC/C=C(\C)CCCCC)[C@@H]1C. The van der Waals surface area contributed by atoms with Gasteiger partial charge in [0.05, 0.1) is 18.5 Å². The van der Waals surface area contributed by atoms with E-state index < -0.39 is 11.9 Å². The fourth-order valence-electron chi connectivity index (χ4n) is 8.67. The number of carbonyl (C=O) groups excluding carboxylic acids is 2. The Balaban J connectivity index is 1.50. The minimum atomic E-state index is -0.987. The number of aliphatic hydroxyl groups is 1. The third kappa shape index (κ3) is 6.98. The first-order valence-electron chi connectivity index (χ1n) is 19.2. The van der Waals surface area contributed by atoms with Crippen molar-refractivity contribution in [2.75, 3.05) is 13.7 Å². The molecule has 3 aliphatic rings. The summed E-state index contributed by atoms with van der Waals surface area (Å²) >= 11 is 0. The van der Waals surface area contributed by atoms with E-state index in [0.29, 0.717) is 11.6 Å². The van der Waals surface area contributed by atoms with Crippen LogP contribution in [0.5, 0.6) is 0 Å². The van der Waals surface area contributed by atoms with E-state index in [0.717, 1.165) is 80.4 Å². The monoisotopic (exact) mass is 720 g/mol. The standard InChI is InChI=1S/C44H56N4O5/c1-10-13-14-15-23(4)18-19-53-37(49)17-16-30-26(7)33-20-31-24(5)28(11-2)35(45-31)21-32-25(6)29(12-3)36(46-32)22-34-27(8)38-42(48-34)39(41(30)47-33)40(43(38)50)44(51)52-9/h11,18,20-22,26,30,40-41,45-48,50H,2,10,12-17,19H2,1,3-9H3/b23-18+,32-21-,33-20-,36-22-/t26-,30-,40+,41?/m0/s1. The third-order valence-electron chi connectivity index (χ3n) is 11.9. The highest BCUT2D eigenvalue weighted by atomic mass is 16.5. The molecule has 6 rings (SSSR count). The molecule has 1 saturated heterocycles. The van der Waals surface area contributed by atoms with Crippen LogP contribution in [0.3, 0.4) is 0 Å². The summed E-state index contributed by atoms with van der Waals surface area (Å²) in [6.07, 6.45) is 16.4. The van der Waals surface area contributed by atoms with Crippen LogP contribution in [-0.2, 0) is 25.5 Å². The van der Waals surface area contributed by atoms with Crippen LogP contribution >= 0.6 is 0 Å². The molecular weight excluding hydrogens is 665 g/mol. The highest BCUT2D eigenvalue weighted by Gasteiger charge is 2.47. The Hall–Kier alpha value is -4.92. The summed E-state index contributed by atoms with van der Waals surface area (Å²) in [7, 11) is 1.35. The Morgan fingerprint density at radius 3 is 2.38 bits per heavy atom. The van der Waals surface area contributed by atoms with Gasteiger partial charge in [-0.25, -0.2) is 0 Å². The highest BCUT2D eigenvalue weighted by Crippen LogP contribution is 2.42. The van der Waals surface area contributed by atoms with E-state index in [9.17, 15) is 14.7 Å². The predicted octanol–water partition coefficient (Wildman–Crippen LogP) is 5.51. The lowest BCUT2D eigenvalue weighted by atomic mass is 9.80. The predicted molar refractivity (Wildman–Crippen MR) is 212 cm³/mol. The molecule has 0 amide bonds.